The molecule has 9 rings (SSSR count). The van der Waals surface area contributed by atoms with Crippen LogP contribution in [0, 0.1) is 0 Å². The monoisotopic (exact) mass is 642 g/mol. The van der Waals surface area contributed by atoms with Crippen molar-refractivity contribution in [3.8, 4) is 67.5 Å². The molecule has 7 aromatic carbocycles. The SMILES string of the molecule is [2H]c1c([2H])c(-c2c([2H])c([2H])c(-c3c([2H])c([2H])c4c(oc5c([2H])c([2H])c([2H])c([2H])c54)c3[2H])c([2H])c2[2H])c([2H])c([2H])c1-c1nc(-c2ccccc2)nc(-c2ccc(-c3ccccc3)cc2)n1. The molecule has 4 nitrogen and oxygen atoms in total. The highest BCUT2D eigenvalue weighted by Gasteiger charge is 2.13. The minimum absolute atomic E-state index is 0.182. The van der Waals surface area contributed by atoms with E-state index in [2.05, 4.69) is 9.97 Å². The fourth-order valence-electron chi connectivity index (χ4n) is 5.31. The van der Waals surface area contributed by atoms with Gasteiger partial charge in [0.25, 0.3) is 0 Å². The first-order valence-electron chi connectivity index (χ1n) is 22.6. The zero-order chi connectivity index (χ0) is 45.6. The summed E-state index contributed by atoms with van der Waals surface area (Å²) in [6.45, 7) is 0. The van der Waals surface area contributed by atoms with Crippen molar-refractivity contribution in [2.45, 2.75) is 0 Å². The highest BCUT2D eigenvalue weighted by Crippen LogP contribution is 2.34. The highest BCUT2D eigenvalue weighted by molar-refractivity contribution is 6.05. The summed E-state index contributed by atoms with van der Waals surface area (Å²) in [5.74, 6) is 0.174. The molecule has 2 heterocycles. The van der Waals surface area contributed by atoms with Crippen LogP contribution in [0.15, 0.2) is 180 Å². The van der Waals surface area contributed by atoms with E-state index in [4.69, 9.17) is 27.2 Å². The van der Waals surface area contributed by atoms with Crippen molar-refractivity contribution >= 4 is 21.9 Å². The van der Waals surface area contributed by atoms with Gasteiger partial charge in [-0.05, 0) is 51.5 Å². The topological polar surface area (TPSA) is 51.8 Å². The molecule has 2 aromatic heterocycles. The molecule has 49 heavy (non-hydrogen) atoms. The van der Waals surface area contributed by atoms with Crippen molar-refractivity contribution in [3.63, 3.8) is 0 Å². The lowest BCUT2D eigenvalue weighted by molar-refractivity contribution is 0.669. The lowest BCUT2D eigenvalue weighted by atomic mass is 9.99. The molecule has 4 heteroatoms. The van der Waals surface area contributed by atoms with Crippen LogP contribution in [0.1, 0.15) is 20.6 Å². The minimum Gasteiger partial charge on any atom is -0.456 e. The standard InChI is InChI=1S/C45H29N3O/c1-3-9-30(10-4-1)31-19-23-36(24-20-31)44-46-43(35-11-5-2-6-12-35)47-45(48-44)37-25-21-33(22-26-37)32-15-17-34(18-16-32)38-27-28-40-39-13-7-8-14-41(39)49-42(40)29-38/h1-29H/i7D,8D,13D,14D,15D,16D,17D,18D,21D,22D,25D,26D,27D,28D,29D. The van der Waals surface area contributed by atoms with E-state index in [1.807, 2.05) is 60.7 Å². The molecule has 0 aliphatic carbocycles. The maximum absolute atomic E-state index is 9.18. The summed E-state index contributed by atoms with van der Waals surface area (Å²) in [5, 5.41) is -0.498. The van der Waals surface area contributed by atoms with E-state index in [0.29, 0.717) is 11.1 Å². The maximum atomic E-state index is 9.18. The zero-order valence-electron chi connectivity index (χ0n) is 40.3. The van der Waals surface area contributed by atoms with E-state index in [-0.39, 0.29) is 39.4 Å². The van der Waals surface area contributed by atoms with Gasteiger partial charge >= 0.3 is 0 Å². The van der Waals surface area contributed by atoms with Gasteiger partial charge in [-0.1, -0.05) is 157 Å². The number of aromatic nitrogens is 3. The number of fused-ring (bicyclic) bond motifs is 3. The van der Waals surface area contributed by atoms with E-state index < -0.39 is 118 Å². The molecule has 0 saturated heterocycles. The van der Waals surface area contributed by atoms with Crippen LogP contribution in [0.25, 0.3) is 89.5 Å². The molecule has 0 aliphatic heterocycles. The maximum Gasteiger partial charge on any atom is 0.164 e. The average Bonchev–Trinajstić information content (AvgIpc) is 3.72. The Bertz CT molecular complexity index is 3380. The Morgan fingerprint density at radius 3 is 1.41 bits per heavy atom. The first-order chi connectivity index (χ1) is 30.5. The summed E-state index contributed by atoms with van der Waals surface area (Å²) in [4.78, 5) is 13.9. The van der Waals surface area contributed by atoms with Crippen LogP contribution in [0.5, 0.6) is 0 Å². The van der Waals surface area contributed by atoms with Gasteiger partial charge in [0.1, 0.15) is 11.2 Å². The van der Waals surface area contributed by atoms with Gasteiger partial charge in [-0.3, -0.25) is 0 Å². The molecule has 0 unspecified atom stereocenters. The van der Waals surface area contributed by atoms with Gasteiger partial charge in [0.05, 0.1) is 20.6 Å². The van der Waals surface area contributed by atoms with Gasteiger partial charge in [-0.15, -0.1) is 0 Å². The summed E-state index contributed by atoms with van der Waals surface area (Å²) in [7, 11) is 0. The summed E-state index contributed by atoms with van der Waals surface area (Å²) >= 11 is 0. The fourth-order valence-corrected chi connectivity index (χ4v) is 5.31. The Labute approximate surface area is 305 Å². The van der Waals surface area contributed by atoms with Gasteiger partial charge in [-0.25, -0.2) is 15.0 Å². The van der Waals surface area contributed by atoms with Crippen molar-refractivity contribution < 1.29 is 25.0 Å². The average molecular weight is 643 g/mol. The van der Waals surface area contributed by atoms with Crippen molar-refractivity contribution in [1.82, 2.24) is 15.0 Å². The Morgan fingerprint density at radius 2 is 0.776 bits per heavy atom. The summed E-state index contributed by atoms with van der Waals surface area (Å²) in [6.07, 6.45) is 0. The minimum atomic E-state index is -0.828. The third-order valence-electron chi connectivity index (χ3n) is 7.78. The molecule has 230 valence electrons. The van der Waals surface area contributed by atoms with Crippen LogP contribution < -0.4 is 0 Å². The van der Waals surface area contributed by atoms with E-state index in [1.165, 1.54) is 0 Å². The Morgan fingerprint density at radius 1 is 0.347 bits per heavy atom. The Kier molecular flexibility index (Phi) is 4.21. The molecule has 0 saturated carbocycles. The van der Waals surface area contributed by atoms with Gasteiger partial charge in [0.15, 0.2) is 17.5 Å². The van der Waals surface area contributed by atoms with Gasteiger partial charge in [-0.2, -0.15) is 0 Å². The van der Waals surface area contributed by atoms with Crippen LogP contribution in [0.4, 0.5) is 0 Å². The quantitative estimate of drug-likeness (QED) is 0.181. The number of rotatable bonds is 6. The summed E-state index contributed by atoms with van der Waals surface area (Å²) < 4.78 is 138. The van der Waals surface area contributed by atoms with Crippen LogP contribution >= 0.6 is 0 Å². The third kappa shape index (κ3) is 5.56. The number of para-hydroxylation sites is 1. The lowest BCUT2D eigenvalue weighted by Crippen LogP contribution is -2.00. The molecule has 0 bridgehead atoms. The van der Waals surface area contributed by atoms with Gasteiger partial charge in [0.2, 0.25) is 0 Å². The molecular weight excluding hydrogens is 599 g/mol. The van der Waals surface area contributed by atoms with Gasteiger partial charge < -0.3 is 4.42 Å². The number of benzene rings is 7. The van der Waals surface area contributed by atoms with E-state index in [0.717, 1.165) is 11.1 Å². The highest BCUT2D eigenvalue weighted by atomic mass is 16.3. The number of hydrogen-bond donors (Lipinski definition) is 0. The molecule has 0 fully saturated rings. The van der Waals surface area contributed by atoms with Crippen molar-refractivity contribution in [1.29, 1.82) is 0 Å². The molecule has 0 N–H and O–H groups in total. The first kappa shape index (κ1) is 17.0. The van der Waals surface area contributed by atoms with E-state index in [1.54, 1.807) is 24.3 Å². The van der Waals surface area contributed by atoms with E-state index >= 15 is 0 Å². The van der Waals surface area contributed by atoms with Crippen LogP contribution in [0.3, 0.4) is 0 Å². The second-order valence-electron chi connectivity index (χ2n) is 10.9. The fraction of sp³-hybridized carbons (Fsp3) is 0. The predicted octanol–water partition coefficient (Wildman–Crippen LogP) is 11.8. The van der Waals surface area contributed by atoms with Crippen molar-refractivity contribution in [2.24, 2.45) is 0 Å². The first-order valence-corrected chi connectivity index (χ1v) is 15.1. The van der Waals surface area contributed by atoms with E-state index in [9.17, 15) is 2.74 Å². The number of furan rings is 1. The molecule has 0 atom stereocenters. The summed E-state index contributed by atoms with van der Waals surface area (Å²) in [5.41, 5.74) is -0.347. The number of hydrogen-bond acceptors (Lipinski definition) is 4. The van der Waals surface area contributed by atoms with Crippen LogP contribution in [-0.4, -0.2) is 15.0 Å². The Hall–Kier alpha value is -6.65. The largest absolute Gasteiger partial charge is 0.456 e. The molecule has 0 amide bonds. The normalized spacial score (nSPS) is 15.6. The number of nitrogens with zero attached hydrogens (tertiary/aromatic N) is 3. The van der Waals surface area contributed by atoms with Gasteiger partial charge in [0, 0.05) is 27.5 Å². The zero-order valence-corrected chi connectivity index (χ0v) is 25.3. The third-order valence-corrected chi connectivity index (χ3v) is 7.78. The molecule has 9 aromatic rings. The van der Waals surface area contributed by atoms with Crippen molar-refractivity contribution in [2.75, 3.05) is 0 Å². The summed E-state index contributed by atoms with van der Waals surface area (Å²) in [6, 6.07) is 15.6. The smallest absolute Gasteiger partial charge is 0.164 e. The van der Waals surface area contributed by atoms with Crippen LogP contribution in [-0.2, 0) is 0 Å². The van der Waals surface area contributed by atoms with Crippen LogP contribution in [0.2, 0.25) is 0 Å². The lowest BCUT2D eigenvalue weighted by Gasteiger charge is -2.10. The second-order valence-corrected chi connectivity index (χ2v) is 10.9. The second kappa shape index (κ2) is 12.2. The molecule has 0 spiro atoms. The van der Waals surface area contributed by atoms with Crippen molar-refractivity contribution in [3.05, 3.63) is 176 Å². The predicted molar refractivity (Wildman–Crippen MR) is 200 cm³/mol. The molecular formula is C45H29N3O. The Balaban J connectivity index is 1.21. The molecule has 0 radical (unpaired) electrons. The molecule has 0 aliphatic rings.